The van der Waals surface area contributed by atoms with E-state index < -0.39 is 16.0 Å². The molecule has 1 aromatic carbocycles. The van der Waals surface area contributed by atoms with Gasteiger partial charge in [-0.05, 0) is 31.2 Å². The molecule has 0 aliphatic carbocycles. The van der Waals surface area contributed by atoms with Crippen molar-refractivity contribution >= 4 is 33.5 Å². The number of halogens is 1. The van der Waals surface area contributed by atoms with Crippen molar-refractivity contribution in [2.75, 3.05) is 9.58 Å². The van der Waals surface area contributed by atoms with Crippen LogP contribution in [0, 0.1) is 0 Å². The van der Waals surface area contributed by atoms with Gasteiger partial charge in [-0.3, -0.25) is 0 Å². The Bertz CT molecular complexity index is 483. The first-order valence-corrected chi connectivity index (χ1v) is 6.35. The van der Waals surface area contributed by atoms with Crippen molar-refractivity contribution in [1.82, 2.24) is 0 Å². The van der Waals surface area contributed by atoms with Crippen molar-refractivity contribution in [2.24, 2.45) is 0 Å². The molecule has 0 fully saturated rings. The molecule has 0 aromatic heterocycles. The first-order chi connectivity index (χ1) is 7.38. The van der Waals surface area contributed by atoms with E-state index in [1.54, 1.807) is 0 Å². The molecule has 0 radical (unpaired) electrons. The van der Waals surface area contributed by atoms with Crippen LogP contribution in [0.3, 0.4) is 0 Å². The monoisotopic (exact) mass is 263 g/mol. The lowest BCUT2D eigenvalue weighted by Crippen LogP contribution is -2.22. The third kappa shape index (κ3) is 2.65. The SMILES string of the molecule is CCS(=O)(=O)N(Cl)c1ccc(C(=O)O)cc1. The molecule has 1 N–H and O–H groups in total. The number of benzene rings is 1. The maximum Gasteiger partial charge on any atom is 0.335 e. The Morgan fingerprint density at radius 1 is 1.38 bits per heavy atom. The molecule has 5 nitrogen and oxygen atoms in total. The molecule has 0 spiro atoms. The van der Waals surface area contributed by atoms with E-state index in [0.717, 1.165) is 0 Å². The predicted octanol–water partition coefficient (Wildman–Crippen LogP) is 1.69. The molecule has 0 heterocycles. The fourth-order valence-electron chi connectivity index (χ4n) is 0.995. The summed E-state index contributed by atoms with van der Waals surface area (Å²) in [5, 5.41) is 8.66. The summed E-state index contributed by atoms with van der Waals surface area (Å²) in [5.41, 5.74) is 0.288. The third-order valence-electron chi connectivity index (χ3n) is 1.93. The van der Waals surface area contributed by atoms with Gasteiger partial charge < -0.3 is 5.11 Å². The second kappa shape index (κ2) is 4.71. The quantitative estimate of drug-likeness (QED) is 0.839. The van der Waals surface area contributed by atoms with E-state index in [-0.39, 0.29) is 17.0 Å². The Balaban J connectivity index is 3.03. The summed E-state index contributed by atoms with van der Waals surface area (Å²) in [4.78, 5) is 10.6. The number of aromatic carboxylic acids is 1. The number of nitrogens with zero attached hydrogens (tertiary/aromatic N) is 1. The van der Waals surface area contributed by atoms with Crippen molar-refractivity contribution in [3.63, 3.8) is 0 Å². The molecule has 88 valence electrons. The Morgan fingerprint density at radius 3 is 2.25 bits per heavy atom. The lowest BCUT2D eigenvalue weighted by atomic mass is 10.2. The minimum atomic E-state index is -3.53. The van der Waals surface area contributed by atoms with Crippen molar-refractivity contribution in [3.8, 4) is 0 Å². The smallest absolute Gasteiger partial charge is 0.335 e. The topological polar surface area (TPSA) is 74.7 Å². The van der Waals surface area contributed by atoms with Crippen LogP contribution in [0.4, 0.5) is 5.69 Å². The Labute approximate surface area is 98.4 Å². The van der Waals surface area contributed by atoms with Crippen LogP contribution >= 0.6 is 11.8 Å². The van der Waals surface area contributed by atoms with Gasteiger partial charge in [0.25, 0.3) is 0 Å². The molecule has 0 atom stereocenters. The van der Waals surface area contributed by atoms with Gasteiger partial charge in [-0.1, -0.05) is 0 Å². The van der Waals surface area contributed by atoms with Crippen molar-refractivity contribution in [3.05, 3.63) is 29.8 Å². The molecular weight excluding hydrogens is 254 g/mol. The lowest BCUT2D eigenvalue weighted by molar-refractivity contribution is 0.0697. The highest BCUT2D eigenvalue weighted by Gasteiger charge is 2.18. The first-order valence-electron chi connectivity index (χ1n) is 4.40. The van der Waals surface area contributed by atoms with E-state index in [1.165, 1.54) is 31.2 Å². The molecule has 1 aromatic rings. The van der Waals surface area contributed by atoms with Gasteiger partial charge >= 0.3 is 5.97 Å². The van der Waals surface area contributed by atoms with Crippen LogP contribution in [0.15, 0.2) is 24.3 Å². The molecule has 0 amide bonds. The minimum absolute atomic E-state index is 0.0720. The van der Waals surface area contributed by atoms with Crippen LogP contribution in [0.1, 0.15) is 17.3 Å². The first kappa shape index (κ1) is 12.8. The number of hydrogen-bond acceptors (Lipinski definition) is 3. The summed E-state index contributed by atoms with van der Waals surface area (Å²) in [6.45, 7) is 1.47. The van der Waals surface area contributed by atoms with Gasteiger partial charge in [-0.15, -0.1) is 0 Å². The summed E-state index contributed by atoms with van der Waals surface area (Å²) in [5.74, 6) is -1.21. The Kier molecular flexibility index (Phi) is 3.77. The number of carbonyl (C=O) groups is 1. The van der Waals surface area contributed by atoms with Gasteiger partial charge in [-0.25, -0.2) is 13.2 Å². The van der Waals surface area contributed by atoms with Gasteiger partial charge in [0, 0.05) is 11.8 Å². The molecule has 0 saturated carbocycles. The Morgan fingerprint density at radius 2 is 1.88 bits per heavy atom. The van der Waals surface area contributed by atoms with Gasteiger partial charge in [0.1, 0.15) is 0 Å². The van der Waals surface area contributed by atoms with Gasteiger partial charge in [0.15, 0.2) is 0 Å². The molecular formula is C9H10ClNO4S. The molecule has 1 rings (SSSR count). The summed E-state index contributed by atoms with van der Waals surface area (Å²) < 4.78 is 23.4. The highest BCUT2D eigenvalue weighted by atomic mass is 35.5. The van der Waals surface area contributed by atoms with E-state index in [2.05, 4.69) is 0 Å². The molecule has 0 aliphatic rings. The number of sulfonamides is 1. The number of anilines is 1. The Hall–Kier alpha value is -1.27. The maximum absolute atomic E-state index is 11.4. The van der Waals surface area contributed by atoms with Gasteiger partial charge in [0.2, 0.25) is 10.0 Å². The number of carboxylic acids is 1. The average molecular weight is 264 g/mol. The van der Waals surface area contributed by atoms with E-state index >= 15 is 0 Å². The van der Waals surface area contributed by atoms with Crippen LogP contribution in [-0.2, 0) is 10.0 Å². The molecule has 0 unspecified atom stereocenters. The fraction of sp³-hybridized carbons (Fsp3) is 0.222. The van der Waals surface area contributed by atoms with Crippen molar-refractivity contribution < 1.29 is 18.3 Å². The van der Waals surface area contributed by atoms with E-state index in [9.17, 15) is 13.2 Å². The van der Waals surface area contributed by atoms with Crippen LogP contribution in [0.5, 0.6) is 0 Å². The van der Waals surface area contributed by atoms with Crippen LogP contribution in [0.25, 0.3) is 0 Å². The summed E-state index contributed by atoms with van der Waals surface area (Å²) in [7, 11) is -3.53. The van der Waals surface area contributed by atoms with Gasteiger partial charge in [0.05, 0.1) is 17.0 Å². The molecule has 0 saturated heterocycles. The number of hydrogen-bond donors (Lipinski definition) is 1. The second-order valence-corrected chi connectivity index (χ2v) is 5.61. The average Bonchev–Trinajstić information content (AvgIpc) is 2.28. The highest BCUT2D eigenvalue weighted by molar-refractivity contribution is 7.94. The standard InChI is InChI=1S/C9H10ClNO4S/c1-2-16(14,15)11(10)8-5-3-7(4-6-8)9(12)13/h3-6H,2H2,1H3,(H,12,13). The maximum atomic E-state index is 11.4. The third-order valence-corrected chi connectivity index (χ3v) is 4.18. The highest BCUT2D eigenvalue weighted by Crippen LogP contribution is 2.21. The van der Waals surface area contributed by atoms with Gasteiger partial charge in [-0.2, -0.15) is 3.82 Å². The zero-order valence-electron chi connectivity index (χ0n) is 8.42. The van der Waals surface area contributed by atoms with Crippen molar-refractivity contribution in [1.29, 1.82) is 0 Å². The van der Waals surface area contributed by atoms with E-state index in [1.807, 2.05) is 0 Å². The molecule has 0 aliphatic heterocycles. The number of carboxylic acid groups (broad SMARTS) is 1. The largest absolute Gasteiger partial charge is 0.478 e. The van der Waals surface area contributed by atoms with Crippen LogP contribution in [-0.4, -0.2) is 25.2 Å². The zero-order valence-corrected chi connectivity index (χ0v) is 9.99. The normalized spacial score (nSPS) is 11.1. The molecule has 16 heavy (non-hydrogen) atoms. The number of rotatable bonds is 4. The van der Waals surface area contributed by atoms with E-state index in [0.29, 0.717) is 3.82 Å². The molecule has 7 heteroatoms. The van der Waals surface area contributed by atoms with E-state index in [4.69, 9.17) is 16.9 Å². The summed E-state index contributed by atoms with van der Waals surface area (Å²) in [6.07, 6.45) is 0. The minimum Gasteiger partial charge on any atom is -0.478 e. The molecule has 0 bridgehead atoms. The zero-order chi connectivity index (χ0) is 12.3. The van der Waals surface area contributed by atoms with Crippen molar-refractivity contribution in [2.45, 2.75) is 6.92 Å². The lowest BCUT2D eigenvalue weighted by Gasteiger charge is -2.14. The fourth-order valence-corrected chi connectivity index (χ4v) is 2.07. The predicted molar refractivity (Wildman–Crippen MR) is 61.2 cm³/mol. The van der Waals surface area contributed by atoms with Crippen LogP contribution < -0.4 is 3.82 Å². The summed E-state index contributed by atoms with van der Waals surface area (Å²) >= 11 is 5.63. The second-order valence-electron chi connectivity index (χ2n) is 2.97. The summed E-state index contributed by atoms with van der Waals surface area (Å²) in [6, 6.07) is 5.25. The van der Waals surface area contributed by atoms with Crippen LogP contribution in [0.2, 0.25) is 0 Å².